The van der Waals surface area contributed by atoms with Crippen LogP contribution in [-0.4, -0.2) is 16.9 Å². The average Bonchev–Trinajstić information content (AvgIpc) is 3.18. The fourth-order valence-electron chi connectivity index (χ4n) is 4.06. The molecule has 1 aromatic heterocycles. The first-order valence-corrected chi connectivity index (χ1v) is 9.00. The van der Waals surface area contributed by atoms with Gasteiger partial charge in [-0.05, 0) is 59.9 Å². The lowest BCUT2D eigenvalue weighted by atomic mass is 9.86. The number of oxime groups is 1. The Hall–Kier alpha value is -1.37. The van der Waals surface area contributed by atoms with Gasteiger partial charge in [0.1, 0.15) is 4.47 Å². The number of amidine groups is 1. The van der Waals surface area contributed by atoms with Crippen molar-refractivity contribution in [3.63, 3.8) is 0 Å². The highest BCUT2D eigenvalue weighted by Gasteiger charge is 2.40. The van der Waals surface area contributed by atoms with Crippen molar-refractivity contribution in [2.45, 2.75) is 52.5 Å². The van der Waals surface area contributed by atoms with E-state index in [-0.39, 0.29) is 11.8 Å². The third-order valence-corrected chi connectivity index (χ3v) is 6.42. The van der Waals surface area contributed by atoms with Crippen LogP contribution in [0.1, 0.15) is 43.5 Å². The molecule has 0 amide bonds. The lowest BCUT2D eigenvalue weighted by Gasteiger charge is -2.19. The summed E-state index contributed by atoms with van der Waals surface area (Å²) in [6, 6.07) is 0. The van der Waals surface area contributed by atoms with Crippen molar-refractivity contribution in [3.05, 3.63) is 15.9 Å². The van der Waals surface area contributed by atoms with E-state index >= 15 is 0 Å². The molecule has 3 atom stereocenters. The topological polar surface area (TPSA) is 84.3 Å². The zero-order chi connectivity index (χ0) is 16.6. The van der Waals surface area contributed by atoms with Crippen LogP contribution >= 0.6 is 15.9 Å². The molecule has 2 aliphatic rings. The Morgan fingerprint density at radius 2 is 2.22 bits per heavy atom. The Balaban J connectivity index is 1.50. The lowest BCUT2D eigenvalue weighted by Crippen LogP contribution is -2.44. The van der Waals surface area contributed by atoms with Crippen molar-refractivity contribution >= 4 is 27.7 Å². The molecule has 126 valence electrons. The van der Waals surface area contributed by atoms with Crippen LogP contribution in [0.25, 0.3) is 0 Å². The SMILES string of the molecule is Cc1[nH][n+](C/C(N)=N/OC(=O)CC2CC3CCC2C3)c(C)c1Br. The van der Waals surface area contributed by atoms with Crippen molar-refractivity contribution in [1.82, 2.24) is 5.10 Å². The molecule has 2 fully saturated rings. The van der Waals surface area contributed by atoms with Crippen LogP contribution in [0, 0.1) is 31.6 Å². The fourth-order valence-corrected chi connectivity index (χ4v) is 4.36. The number of aromatic amines is 1. The molecule has 3 unspecified atom stereocenters. The molecule has 3 rings (SSSR count). The molecule has 23 heavy (non-hydrogen) atoms. The first kappa shape index (κ1) is 16.5. The van der Waals surface area contributed by atoms with E-state index in [0.717, 1.165) is 21.8 Å². The van der Waals surface area contributed by atoms with Crippen molar-refractivity contribution in [3.8, 4) is 0 Å². The summed E-state index contributed by atoms with van der Waals surface area (Å²) in [5.74, 6) is 2.03. The molecule has 0 radical (unpaired) electrons. The number of carbonyl (C=O) groups is 1. The molecular weight excluding hydrogens is 360 g/mol. The van der Waals surface area contributed by atoms with Gasteiger partial charge in [-0.1, -0.05) is 11.6 Å². The Morgan fingerprint density at radius 1 is 1.43 bits per heavy atom. The standard InChI is InChI=1S/C16H23BrN4O2/c1-9-16(17)10(2)21(19-9)8-14(18)20-23-15(22)7-13-6-11-3-4-12(13)5-11/h11-13H,3-8H2,1-2H3,(H2,18,20)/p+1. The van der Waals surface area contributed by atoms with E-state index in [4.69, 9.17) is 10.6 Å². The van der Waals surface area contributed by atoms with Gasteiger partial charge in [0.2, 0.25) is 18.1 Å². The minimum absolute atomic E-state index is 0.268. The Labute approximate surface area is 144 Å². The van der Waals surface area contributed by atoms with Gasteiger partial charge in [-0.25, -0.2) is 4.79 Å². The van der Waals surface area contributed by atoms with Crippen LogP contribution in [0.2, 0.25) is 0 Å². The molecule has 6 nitrogen and oxygen atoms in total. The Kier molecular flexibility index (Phi) is 4.75. The third-order valence-electron chi connectivity index (χ3n) is 5.25. The second kappa shape index (κ2) is 6.63. The number of rotatable bonds is 5. The van der Waals surface area contributed by atoms with Crippen LogP contribution < -0.4 is 10.4 Å². The number of aryl methyl sites for hydroxylation is 1. The van der Waals surface area contributed by atoms with Gasteiger partial charge in [-0.2, -0.15) is 5.10 Å². The summed E-state index contributed by atoms with van der Waals surface area (Å²) in [7, 11) is 0. The van der Waals surface area contributed by atoms with Gasteiger partial charge >= 0.3 is 5.97 Å². The smallest absolute Gasteiger partial charge is 0.335 e. The molecule has 2 saturated carbocycles. The van der Waals surface area contributed by atoms with Crippen LogP contribution in [0.4, 0.5) is 0 Å². The minimum atomic E-state index is -0.268. The van der Waals surface area contributed by atoms with E-state index in [0.29, 0.717) is 24.8 Å². The van der Waals surface area contributed by atoms with Gasteiger partial charge in [0.25, 0.3) is 0 Å². The number of carbonyl (C=O) groups excluding carboxylic acids is 1. The lowest BCUT2D eigenvalue weighted by molar-refractivity contribution is -0.742. The minimum Gasteiger partial charge on any atom is -0.379 e. The second-order valence-electron chi connectivity index (χ2n) is 6.91. The van der Waals surface area contributed by atoms with Gasteiger partial charge in [-0.3, -0.25) is 0 Å². The maximum atomic E-state index is 12.0. The summed E-state index contributed by atoms with van der Waals surface area (Å²) < 4.78 is 2.88. The molecule has 1 heterocycles. The zero-order valence-corrected chi connectivity index (χ0v) is 15.2. The highest BCUT2D eigenvalue weighted by Crippen LogP contribution is 2.49. The first-order chi connectivity index (χ1) is 10.9. The number of hydrogen-bond donors (Lipinski definition) is 2. The van der Waals surface area contributed by atoms with Crippen LogP contribution in [-0.2, 0) is 16.2 Å². The number of nitrogens with one attached hydrogen (secondary N) is 1. The summed E-state index contributed by atoms with van der Waals surface area (Å²) in [4.78, 5) is 17.0. The van der Waals surface area contributed by atoms with Gasteiger partial charge in [-0.15, -0.1) is 4.68 Å². The van der Waals surface area contributed by atoms with E-state index in [9.17, 15) is 4.79 Å². The van der Waals surface area contributed by atoms with Crippen LogP contribution in [0.3, 0.4) is 0 Å². The van der Waals surface area contributed by atoms with E-state index in [1.54, 1.807) is 0 Å². The van der Waals surface area contributed by atoms with Crippen molar-refractivity contribution < 1.29 is 14.3 Å². The van der Waals surface area contributed by atoms with Crippen molar-refractivity contribution in [1.29, 1.82) is 0 Å². The maximum absolute atomic E-state index is 12.0. The third kappa shape index (κ3) is 3.59. The van der Waals surface area contributed by atoms with E-state index in [1.165, 1.54) is 25.7 Å². The predicted octanol–water partition coefficient (Wildman–Crippen LogP) is 2.32. The molecule has 2 bridgehead atoms. The highest BCUT2D eigenvalue weighted by molar-refractivity contribution is 9.10. The average molecular weight is 384 g/mol. The number of fused-ring (bicyclic) bond motifs is 2. The predicted molar refractivity (Wildman–Crippen MR) is 89.4 cm³/mol. The quantitative estimate of drug-likeness (QED) is 0.269. The number of nitrogens with two attached hydrogens (primary N) is 1. The number of hydrogen-bond acceptors (Lipinski definition) is 3. The zero-order valence-electron chi connectivity index (χ0n) is 13.6. The summed E-state index contributed by atoms with van der Waals surface area (Å²) in [6.45, 7) is 4.30. The number of nitrogens with zero attached hydrogens (tertiary/aromatic N) is 2. The first-order valence-electron chi connectivity index (χ1n) is 8.20. The van der Waals surface area contributed by atoms with E-state index in [1.807, 2.05) is 18.5 Å². The number of halogens is 1. The largest absolute Gasteiger partial charge is 0.379 e. The number of aromatic nitrogens is 2. The van der Waals surface area contributed by atoms with Crippen LogP contribution in [0.15, 0.2) is 9.63 Å². The summed E-state index contributed by atoms with van der Waals surface area (Å²) in [5.41, 5.74) is 7.91. The Bertz CT molecular complexity index is 640. The molecule has 0 aromatic carbocycles. The van der Waals surface area contributed by atoms with Crippen molar-refractivity contribution in [2.24, 2.45) is 28.6 Å². The van der Waals surface area contributed by atoms with Gasteiger partial charge in [0.15, 0.2) is 0 Å². The molecule has 7 heteroatoms. The van der Waals surface area contributed by atoms with Crippen LogP contribution in [0.5, 0.6) is 0 Å². The maximum Gasteiger partial charge on any atom is 0.335 e. The van der Waals surface area contributed by atoms with Gasteiger partial charge in [0, 0.05) is 6.92 Å². The van der Waals surface area contributed by atoms with E-state index < -0.39 is 0 Å². The van der Waals surface area contributed by atoms with E-state index in [2.05, 4.69) is 26.2 Å². The summed E-state index contributed by atoms with van der Waals surface area (Å²) in [6.07, 6.45) is 5.54. The van der Waals surface area contributed by atoms with Gasteiger partial charge in [0.05, 0.1) is 12.1 Å². The summed E-state index contributed by atoms with van der Waals surface area (Å²) in [5, 5.41) is 6.97. The molecule has 0 saturated heterocycles. The molecule has 0 spiro atoms. The number of H-pyrrole nitrogens is 1. The fraction of sp³-hybridized carbons (Fsp3) is 0.688. The molecule has 1 aromatic rings. The molecular formula is C16H24BrN4O2+. The monoisotopic (exact) mass is 383 g/mol. The normalized spacial score (nSPS) is 26.7. The van der Waals surface area contributed by atoms with Crippen molar-refractivity contribution in [2.75, 3.05) is 0 Å². The van der Waals surface area contributed by atoms with Gasteiger partial charge < -0.3 is 10.6 Å². The Morgan fingerprint density at radius 3 is 2.78 bits per heavy atom. The molecule has 0 aliphatic heterocycles. The highest BCUT2D eigenvalue weighted by atomic mass is 79.9. The second-order valence-corrected chi connectivity index (χ2v) is 7.70. The molecule has 2 aliphatic carbocycles. The molecule has 3 N–H and O–H groups in total. The summed E-state index contributed by atoms with van der Waals surface area (Å²) >= 11 is 3.50.